The Kier molecular flexibility index (Phi) is 8.16. The summed E-state index contributed by atoms with van der Waals surface area (Å²) in [7, 11) is 1.30. The Balaban J connectivity index is 1.80. The Morgan fingerprint density at radius 3 is 2.48 bits per heavy atom. The quantitative estimate of drug-likeness (QED) is 0.314. The SMILES string of the molecule is COC(=O)COc1ccc(/C=N/NC(=O)C(C)Sc2ccc(Cl)cc2)cc1. The lowest BCUT2D eigenvalue weighted by molar-refractivity contribution is -0.142. The molecule has 1 amide bonds. The molecule has 0 saturated carbocycles. The molecule has 2 rings (SSSR count). The molecule has 0 radical (unpaired) electrons. The van der Waals surface area contributed by atoms with Crippen LogP contribution in [0.3, 0.4) is 0 Å². The third-order valence-corrected chi connectivity index (χ3v) is 4.71. The molecule has 1 atom stereocenters. The largest absolute Gasteiger partial charge is 0.482 e. The van der Waals surface area contributed by atoms with E-state index in [1.54, 1.807) is 43.3 Å². The van der Waals surface area contributed by atoms with Gasteiger partial charge in [-0.25, -0.2) is 10.2 Å². The summed E-state index contributed by atoms with van der Waals surface area (Å²) in [5.74, 6) is -0.118. The van der Waals surface area contributed by atoms with Crippen molar-refractivity contribution in [3.8, 4) is 5.75 Å². The van der Waals surface area contributed by atoms with Crippen LogP contribution in [0.25, 0.3) is 0 Å². The number of nitrogens with one attached hydrogen (secondary N) is 1. The Bertz CT molecular complexity index is 794. The van der Waals surface area contributed by atoms with E-state index in [-0.39, 0.29) is 17.8 Å². The topological polar surface area (TPSA) is 77.0 Å². The summed E-state index contributed by atoms with van der Waals surface area (Å²) in [6.45, 7) is 1.65. The van der Waals surface area contributed by atoms with E-state index in [2.05, 4.69) is 15.3 Å². The molecule has 6 nitrogen and oxygen atoms in total. The van der Waals surface area contributed by atoms with Crippen molar-refractivity contribution in [3.63, 3.8) is 0 Å². The molecule has 2 aromatic carbocycles. The van der Waals surface area contributed by atoms with Crippen molar-refractivity contribution in [1.82, 2.24) is 5.43 Å². The number of carbonyl (C=O) groups excluding carboxylic acids is 2. The van der Waals surface area contributed by atoms with E-state index in [0.717, 1.165) is 10.5 Å². The average Bonchev–Trinajstić information content (AvgIpc) is 2.68. The highest BCUT2D eigenvalue weighted by Crippen LogP contribution is 2.24. The normalized spacial score (nSPS) is 11.8. The van der Waals surface area contributed by atoms with Crippen molar-refractivity contribution in [2.24, 2.45) is 5.10 Å². The molecule has 8 heteroatoms. The highest BCUT2D eigenvalue weighted by Gasteiger charge is 2.13. The van der Waals surface area contributed by atoms with Crippen LogP contribution in [0.4, 0.5) is 0 Å². The van der Waals surface area contributed by atoms with Gasteiger partial charge in [0.2, 0.25) is 0 Å². The van der Waals surface area contributed by atoms with Crippen LogP contribution >= 0.6 is 23.4 Å². The number of hydrogen-bond donors (Lipinski definition) is 1. The van der Waals surface area contributed by atoms with Crippen LogP contribution in [-0.4, -0.2) is 37.1 Å². The van der Waals surface area contributed by atoms with Crippen LogP contribution < -0.4 is 10.2 Å². The molecule has 2 aromatic rings. The molecule has 1 N–H and O–H groups in total. The molecule has 0 saturated heterocycles. The van der Waals surface area contributed by atoms with Crippen molar-refractivity contribution in [2.45, 2.75) is 17.1 Å². The van der Waals surface area contributed by atoms with E-state index in [1.807, 2.05) is 12.1 Å². The Hall–Kier alpha value is -2.51. The van der Waals surface area contributed by atoms with Gasteiger partial charge in [0.15, 0.2) is 6.61 Å². The second-order valence-electron chi connectivity index (χ2n) is 5.38. The molecule has 0 spiro atoms. The molecule has 0 fully saturated rings. The maximum absolute atomic E-state index is 12.1. The van der Waals surface area contributed by atoms with Gasteiger partial charge in [-0.05, 0) is 61.0 Å². The lowest BCUT2D eigenvalue weighted by Gasteiger charge is -2.09. The number of hydrogen-bond acceptors (Lipinski definition) is 6. The lowest BCUT2D eigenvalue weighted by Crippen LogP contribution is -2.26. The van der Waals surface area contributed by atoms with Gasteiger partial charge < -0.3 is 9.47 Å². The molecule has 142 valence electrons. The first-order valence-corrected chi connectivity index (χ1v) is 9.28. The molecule has 0 aromatic heterocycles. The Morgan fingerprint density at radius 1 is 1.19 bits per heavy atom. The minimum absolute atomic E-state index is 0.150. The smallest absolute Gasteiger partial charge is 0.343 e. The van der Waals surface area contributed by atoms with Gasteiger partial charge in [0, 0.05) is 9.92 Å². The third kappa shape index (κ3) is 7.32. The summed E-state index contributed by atoms with van der Waals surface area (Å²) in [6.07, 6.45) is 1.53. The zero-order valence-electron chi connectivity index (χ0n) is 14.8. The molecule has 0 bridgehead atoms. The molecular weight excluding hydrogens is 388 g/mol. The van der Waals surface area contributed by atoms with Gasteiger partial charge in [-0.2, -0.15) is 5.10 Å². The predicted molar refractivity (Wildman–Crippen MR) is 106 cm³/mol. The van der Waals surface area contributed by atoms with Crippen molar-refractivity contribution in [3.05, 3.63) is 59.1 Å². The third-order valence-electron chi connectivity index (χ3n) is 3.35. The second-order valence-corrected chi connectivity index (χ2v) is 7.23. The average molecular weight is 407 g/mol. The Labute approximate surface area is 166 Å². The number of ether oxygens (including phenoxy) is 2. The van der Waals surface area contributed by atoms with Gasteiger partial charge in [0.1, 0.15) is 5.75 Å². The molecule has 0 aliphatic carbocycles. The van der Waals surface area contributed by atoms with E-state index in [1.165, 1.54) is 25.1 Å². The first kappa shape index (κ1) is 20.8. The minimum atomic E-state index is -0.450. The van der Waals surface area contributed by atoms with Crippen LogP contribution in [-0.2, 0) is 14.3 Å². The summed E-state index contributed by atoms with van der Waals surface area (Å²) in [6, 6.07) is 14.2. The highest BCUT2D eigenvalue weighted by atomic mass is 35.5. The Morgan fingerprint density at radius 2 is 1.85 bits per heavy atom. The molecule has 0 aliphatic heterocycles. The van der Waals surface area contributed by atoms with Crippen molar-refractivity contribution >= 4 is 41.5 Å². The summed E-state index contributed by atoms with van der Waals surface area (Å²) >= 11 is 7.27. The van der Waals surface area contributed by atoms with E-state index < -0.39 is 5.97 Å². The van der Waals surface area contributed by atoms with Crippen LogP contribution in [0, 0.1) is 0 Å². The first-order chi connectivity index (χ1) is 13.0. The fourth-order valence-corrected chi connectivity index (χ4v) is 2.87. The number of esters is 1. The zero-order valence-corrected chi connectivity index (χ0v) is 16.4. The van der Waals surface area contributed by atoms with Crippen molar-refractivity contribution in [1.29, 1.82) is 0 Å². The van der Waals surface area contributed by atoms with Crippen LogP contribution in [0.15, 0.2) is 58.5 Å². The van der Waals surface area contributed by atoms with Gasteiger partial charge >= 0.3 is 5.97 Å². The minimum Gasteiger partial charge on any atom is -0.482 e. The fourth-order valence-electron chi connectivity index (χ4n) is 1.88. The van der Waals surface area contributed by atoms with Gasteiger partial charge in [-0.3, -0.25) is 4.79 Å². The van der Waals surface area contributed by atoms with Gasteiger partial charge in [0.25, 0.3) is 5.91 Å². The predicted octanol–water partition coefficient (Wildman–Crippen LogP) is 3.52. The van der Waals surface area contributed by atoms with Crippen molar-refractivity contribution in [2.75, 3.05) is 13.7 Å². The van der Waals surface area contributed by atoms with Crippen LogP contribution in [0.5, 0.6) is 5.75 Å². The van der Waals surface area contributed by atoms with E-state index >= 15 is 0 Å². The molecule has 0 aliphatic rings. The van der Waals surface area contributed by atoms with Crippen LogP contribution in [0.2, 0.25) is 5.02 Å². The second kappa shape index (κ2) is 10.6. The number of hydrazone groups is 1. The highest BCUT2D eigenvalue weighted by molar-refractivity contribution is 8.00. The number of thioether (sulfide) groups is 1. The van der Waals surface area contributed by atoms with Crippen molar-refractivity contribution < 1.29 is 19.1 Å². The fraction of sp³-hybridized carbons (Fsp3) is 0.211. The number of carbonyl (C=O) groups is 2. The van der Waals surface area contributed by atoms with Crippen LogP contribution in [0.1, 0.15) is 12.5 Å². The molecular formula is C19H19ClN2O4S. The van der Waals surface area contributed by atoms with Gasteiger partial charge in [-0.15, -0.1) is 11.8 Å². The standard InChI is InChI=1S/C19H19ClN2O4S/c1-13(27-17-9-5-15(20)6-10-17)19(24)22-21-11-14-3-7-16(8-4-14)26-12-18(23)25-2/h3-11,13H,12H2,1-2H3,(H,22,24)/b21-11+. The summed E-state index contributed by atoms with van der Waals surface area (Å²) in [4.78, 5) is 24.1. The number of benzene rings is 2. The van der Waals surface area contributed by atoms with Gasteiger partial charge in [0.05, 0.1) is 18.6 Å². The van der Waals surface area contributed by atoms with E-state index in [4.69, 9.17) is 16.3 Å². The first-order valence-electron chi connectivity index (χ1n) is 8.03. The summed E-state index contributed by atoms with van der Waals surface area (Å²) in [5, 5.41) is 4.31. The summed E-state index contributed by atoms with van der Waals surface area (Å²) in [5.41, 5.74) is 3.29. The number of halogens is 1. The monoisotopic (exact) mass is 406 g/mol. The molecule has 1 unspecified atom stereocenters. The van der Waals surface area contributed by atoms with Gasteiger partial charge in [-0.1, -0.05) is 11.6 Å². The maximum atomic E-state index is 12.1. The molecule has 0 heterocycles. The zero-order chi connectivity index (χ0) is 19.6. The number of methoxy groups -OCH3 is 1. The van der Waals surface area contributed by atoms with E-state index in [0.29, 0.717) is 10.8 Å². The molecule has 27 heavy (non-hydrogen) atoms. The number of nitrogens with zero attached hydrogens (tertiary/aromatic N) is 1. The number of rotatable bonds is 8. The number of amides is 1. The van der Waals surface area contributed by atoms with E-state index in [9.17, 15) is 9.59 Å². The lowest BCUT2D eigenvalue weighted by atomic mass is 10.2. The maximum Gasteiger partial charge on any atom is 0.343 e. The summed E-state index contributed by atoms with van der Waals surface area (Å²) < 4.78 is 9.75.